The number of hydrogen-bond donors (Lipinski definition) is 1. The molecular weight excluding hydrogens is 380 g/mol. The molecule has 5 heteroatoms. The monoisotopic (exact) mass is 412 g/mol. The van der Waals surface area contributed by atoms with E-state index < -0.39 is 6.04 Å². The molecule has 0 aliphatic rings. The predicted octanol–water partition coefficient (Wildman–Crippen LogP) is 4.48. The molecule has 0 fully saturated rings. The first-order valence-corrected chi connectivity index (χ1v) is 11.3. The fraction of sp³-hybridized carbons (Fsp3) is 0.417. The van der Waals surface area contributed by atoms with Gasteiger partial charge in [-0.15, -0.1) is 11.8 Å². The number of amides is 2. The highest BCUT2D eigenvalue weighted by atomic mass is 32.2. The van der Waals surface area contributed by atoms with Crippen LogP contribution in [0.2, 0.25) is 0 Å². The molecule has 0 aromatic heterocycles. The molecule has 0 aliphatic carbocycles. The minimum Gasteiger partial charge on any atom is -0.354 e. The van der Waals surface area contributed by atoms with Crippen LogP contribution in [0, 0.1) is 13.8 Å². The van der Waals surface area contributed by atoms with Crippen molar-refractivity contribution in [2.24, 2.45) is 0 Å². The van der Waals surface area contributed by atoms with Crippen LogP contribution in [0.15, 0.2) is 48.5 Å². The van der Waals surface area contributed by atoms with E-state index in [1.54, 1.807) is 23.6 Å². The molecule has 0 spiro atoms. The number of thioether (sulfide) groups is 1. The molecule has 1 N–H and O–H groups in total. The number of rotatable bonds is 10. The molecule has 4 nitrogen and oxygen atoms in total. The Balaban J connectivity index is 2.03. The summed E-state index contributed by atoms with van der Waals surface area (Å²) >= 11 is 1.59. The van der Waals surface area contributed by atoms with E-state index in [1.807, 2.05) is 37.3 Å². The summed E-state index contributed by atoms with van der Waals surface area (Å²) in [5.41, 5.74) is 4.72. The lowest BCUT2D eigenvalue weighted by Gasteiger charge is -2.28. The van der Waals surface area contributed by atoms with Crippen LogP contribution < -0.4 is 5.32 Å². The zero-order chi connectivity index (χ0) is 21.2. The summed E-state index contributed by atoms with van der Waals surface area (Å²) in [5.74, 6) is 1.02. The minimum atomic E-state index is -0.504. The third kappa shape index (κ3) is 7.58. The van der Waals surface area contributed by atoms with Crippen molar-refractivity contribution in [2.75, 3.05) is 12.3 Å². The zero-order valence-corrected chi connectivity index (χ0v) is 18.7. The lowest BCUT2D eigenvalue weighted by Crippen LogP contribution is -2.48. The van der Waals surface area contributed by atoms with Gasteiger partial charge in [-0.2, -0.15) is 0 Å². The van der Waals surface area contributed by atoms with E-state index in [0.717, 1.165) is 17.7 Å². The molecule has 0 bridgehead atoms. The van der Waals surface area contributed by atoms with Gasteiger partial charge < -0.3 is 10.2 Å². The normalized spacial score (nSPS) is 11.7. The SMILES string of the molecule is CCCNC(=O)C(C)N(Cc1ccccc1)C(=O)CSCc1cc(C)cc(C)c1. The summed E-state index contributed by atoms with van der Waals surface area (Å²) in [7, 11) is 0. The number of carbonyl (C=O) groups excluding carboxylic acids is 2. The topological polar surface area (TPSA) is 49.4 Å². The Morgan fingerprint density at radius 3 is 2.31 bits per heavy atom. The number of benzene rings is 2. The summed E-state index contributed by atoms with van der Waals surface area (Å²) < 4.78 is 0. The molecule has 1 atom stereocenters. The fourth-order valence-electron chi connectivity index (χ4n) is 3.25. The number of nitrogens with one attached hydrogen (secondary N) is 1. The van der Waals surface area contributed by atoms with Crippen LogP contribution in [0.4, 0.5) is 0 Å². The Kier molecular flexibility index (Phi) is 9.26. The van der Waals surface area contributed by atoms with Crippen molar-refractivity contribution in [3.05, 3.63) is 70.8 Å². The maximum atomic E-state index is 13.0. The molecule has 2 aromatic carbocycles. The van der Waals surface area contributed by atoms with Gasteiger partial charge in [0.1, 0.15) is 6.04 Å². The standard InChI is InChI=1S/C24H32N2O2S/c1-5-11-25-24(28)20(4)26(15-21-9-7-6-8-10-21)23(27)17-29-16-22-13-18(2)12-19(3)14-22/h6-10,12-14,20H,5,11,15-17H2,1-4H3,(H,25,28). The van der Waals surface area contributed by atoms with E-state index in [4.69, 9.17) is 0 Å². The third-order valence-electron chi connectivity index (χ3n) is 4.69. The van der Waals surface area contributed by atoms with Crippen molar-refractivity contribution in [1.29, 1.82) is 0 Å². The van der Waals surface area contributed by atoms with Gasteiger partial charge in [0.25, 0.3) is 0 Å². The lowest BCUT2D eigenvalue weighted by molar-refractivity contribution is -0.138. The second kappa shape index (κ2) is 11.7. The third-order valence-corrected chi connectivity index (χ3v) is 5.68. The number of carbonyl (C=O) groups is 2. The smallest absolute Gasteiger partial charge is 0.242 e. The Hall–Kier alpha value is -2.27. The Labute approximate surface area is 179 Å². The first-order chi connectivity index (χ1) is 13.9. The zero-order valence-electron chi connectivity index (χ0n) is 17.9. The maximum Gasteiger partial charge on any atom is 0.242 e. The highest BCUT2D eigenvalue weighted by molar-refractivity contribution is 7.99. The van der Waals surface area contributed by atoms with E-state index in [0.29, 0.717) is 18.8 Å². The number of nitrogens with zero attached hydrogens (tertiary/aromatic N) is 1. The van der Waals surface area contributed by atoms with Crippen molar-refractivity contribution in [3.63, 3.8) is 0 Å². The summed E-state index contributed by atoms with van der Waals surface area (Å²) in [6.45, 7) is 9.05. The maximum absolute atomic E-state index is 13.0. The summed E-state index contributed by atoms with van der Waals surface area (Å²) in [6, 6.07) is 15.8. The van der Waals surface area contributed by atoms with Gasteiger partial charge in [-0.1, -0.05) is 66.6 Å². The van der Waals surface area contributed by atoms with Gasteiger partial charge in [-0.25, -0.2) is 0 Å². The van der Waals surface area contributed by atoms with Gasteiger partial charge in [0.15, 0.2) is 0 Å². The Bertz CT molecular complexity index is 788. The summed E-state index contributed by atoms with van der Waals surface area (Å²) in [4.78, 5) is 27.2. The second-order valence-corrected chi connectivity index (χ2v) is 8.45. The van der Waals surface area contributed by atoms with Crippen molar-refractivity contribution in [3.8, 4) is 0 Å². The van der Waals surface area contributed by atoms with Gasteiger partial charge in [-0.05, 0) is 38.3 Å². The quantitative estimate of drug-likeness (QED) is 0.626. The van der Waals surface area contributed by atoms with Crippen molar-refractivity contribution >= 4 is 23.6 Å². The van der Waals surface area contributed by atoms with E-state index >= 15 is 0 Å². The van der Waals surface area contributed by atoms with Crippen molar-refractivity contribution < 1.29 is 9.59 Å². The fourth-order valence-corrected chi connectivity index (χ4v) is 4.09. The van der Waals surface area contributed by atoms with Crippen LogP contribution in [0.25, 0.3) is 0 Å². The molecule has 0 aliphatic heterocycles. The summed E-state index contributed by atoms with van der Waals surface area (Å²) in [5, 5.41) is 2.91. The van der Waals surface area contributed by atoms with Crippen LogP contribution in [0.1, 0.15) is 42.5 Å². The molecule has 2 aromatic rings. The average molecular weight is 413 g/mol. The molecule has 0 heterocycles. The van der Waals surface area contributed by atoms with E-state index in [1.165, 1.54) is 16.7 Å². The first-order valence-electron chi connectivity index (χ1n) is 10.2. The highest BCUT2D eigenvalue weighted by Crippen LogP contribution is 2.18. The molecule has 0 saturated carbocycles. The van der Waals surface area contributed by atoms with Crippen molar-refractivity contribution in [2.45, 2.75) is 52.5 Å². The minimum absolute atomic E-state index is 0.0117. The molecule has 156 valence electrons. The summed E-state index contributed by atoms with van der Waals surface area (Å²) in [6.07, 6.45) is 0.872. The van der Waals surface area contributed by atoms with Gasteiger partial charge in [-0.3, -0.25) is 9.59 Å². The predicted molar refractivity (Wildman–Crippen MR) is 122 cm³/mol. The second-order valence-electron chi connectivity index (χ2n) is 7.46. The van der Waals surface area contributed by atoms with Crippen LogP contribution in [-0.4, -0.2) is 35.1 Å². The lowest BCUT2D eigenvalue weighted by atomic mass is 10.1. The average Bonchev–Trinajstić information content (AvgIpc) is 2.69. The molecule has 0 radical (unpaired) electrons. The Morgan fingerprint density at radius 2 is 1.69 bits per heavy atom. The van der Waals surface area contributed by atoms with Gasteiger partial charge in [0.2, 0.25) is 11.8 Å². The first kappa shape index (κ1) is 23.0. The van der Waals surface area contributed by atoms with E-state index in [2.05, 4.69) is 37.4 Å². The Morgan fingerprint density at radius 1 is 1.03 bits per heavy atom. The van der Waals surface area contributed by atoms with Crippen LogP contribution in [-0.2, 0) is 21.9 Å². The van der Waals surface area contributed by atoms with Crippen LogP contribution in [0.5, 0.6) is 0 Å². The molecular formula is C24H32N2O2S. The highest BCUT2D eigenvalue weighted by Gasteiger charge is 2.25. The molecule has 1 unspecified atom stereocenters. The van der Waals surface area contributed by atoms with E-state index in [-0.39, 0.29) is 11.8 Å². The molecule has 2 amide bonds. The van der Waals surface area contributed by atoms with Gasteiger partial charge in [0.05, 0.1) is 5.75 Å². The van der Waals surface area contributed by atoms with Gasteiger partial charge >= 0.3 is 0 Å². The van der Waals surface area contributed by atoms with Crippen LogP contribution >= 0.6 is 11.8 Å². The molecule has 0 saturated heterocycles. The molecule has 29 heavy (non-hydrogen) atoms. The molecule has 2 rings (SSSR count). The number of aryl methyl sites for hydroxylation is 2. The van der Waals surface area contributed by atoms with Crippen LogP contribution in [0.3, 0.4) is 0 Å². The van der Waals surface area contributed by atoms with Crippen molar-refractivity contribution in [1.82, 2.24) is 10.2 Å². The largest absolute Gasteiger partial charge is 0.354 e. The van der Waals surface area contributed by atoms with E-state index in [9.17, 15) is 9.59 Å². The number of hydrogen-bond acceptors (Lipinski definition) is 3. The van der Waals surface area contributed by atoms with Gasteiger partial charge in [0, 0.05) is 18.8 Å².